The smallest absolute Gasteiger partial charge is 0.235 e. The Morgan fingerprint density at radius 1 is 1.26 bits per heavy atom. The van der Waals surface area contributed by atoms with Crippen molar-refractivity contribution >= 4 is 5.91 Å². The van der Waals surface area contributed by atoms with Crippen LogP contribution >= 0.6 is 0 Å². The molecule has 0 saturated heterocycles. The number of benzene rings is 1. The third-order valence-corrected chi connectivity index (χ3v) is 5.42. The molecule has 0 bridgehead atoms. The molecule has 1 amide bonds. The first-order chi connectivity index (χ1) is 11.1. The van der Waals surface area contributed by atoms with Crippen molar-refractivity contribution in [3.8, 4) is 0 Å². The van der Waals surface area contributed by atoms with Crippen LogP contribution in [0.15, 0.2) is 24.3 Å². The van der Waals surface area contributed by atoms with Crippen molar-refractivity contribution in [2.45, 2.75) is 57.7 Å². The predicted octanol–water partition coefficient (Wildman–Crippen LogP) is 2.49. The first-order valence-corrected chi connectivity index (χ1v) is 8.87. The van der Waals surface area contributed by atoms with Crippen LogP contribution in [0.3, 0.4) is 0 Å². The Bertz CT molecular complexity index is 546. The van der Waals surface area contributed by atoms with E-state index in [0.717, 1.165) is 13.1 Å². The summed E-state index contributed by atoms with van der Waals surface area (Å²) in [5, 5.41) is 0. The number of primary amides is 1. The summed E-state index contributed by atoms with van der Waals surface area (Å²) >= 11 is 0. The van der Waals surface area contributed by atoms with Crippen LogP contribution in [0.25, 0.3) is 0 Å². The van der Waals surface area contributed by atoms with Gasteiger partial charge in [-0.15, -0.1) is 0 Å². The second-order valence-corrected chi connectivity index (χ2v) is 7.03. The number of nitrogens with two attached hydrogens (primary N) is 1. The second-order valence-electron chi connectivity index (χ2n) is 7.03. The lowest BCUT2D eigenvalue weighted by molar-refractivity contribution is -0.124. The van der Waals surface area contributed by atoms with Crippen LogP contribution in [-0.4, -0.2) is 36.1 Å². The minimum Gasteiger partial charge on any atom is -0.377 e. The van der Waals surface area contributed by atoms with Gasteiger partial charge in [0.15, 0.2) is 0 Å². The lowest BCUT2D eigenvalue weighted by atomic mass is 9.88. The molecule has 1 fully saturated rings. The zero-order chi connectivity index (χ0) is 16.2. The summed E-state index contributed by atoms with van der Waals surface area (Å²) in [6, 6.07) is 8.12. The molecule has 4 nitrogen and oxygen atoms in total. The van der Waals surface area contributed by atoms with Gasteiger partial charge in [-0.2, -0.15) is 0 Å². The van der Waals surface area contributed by atoms with Gasteiger partial charge in [0, 0.05) is 13.1 Å². The normalized spacial score (nSPS) is 28.3. The molecule has 23 heavy (non-hydrogen) atoms. The van der Waals surface area contributed by atoms with Crippen LogP contribution < -0.4 is 5.73 Å². The molecule has 1 aliphatic heterocycles. The van der Waals surface area contributed by atoms with Crippen molar-refractivity contribution in [3.63, 3.8) is 0 Å². The molecular weight excluding hydrogens is 288 g/mol. The number of rotatable bonds is 5. The fraction of sp³-hybridized carbons (Fsp3) is 0.632. The largest absolute Gasteiger partial charge is 0.377 e. The number of fused-ring (bicyclic) bond motifs is 1. The van der Waals surface area contributed by atoms with E-state index in [9.17, 15) is 4.79 Å². The van der Waals surface area contributed by atoms with E-state index >= 15 is 0 Å². The highest BCUT2D eigenvalue weighted by Gasteiger charge is 2.30. The minimum absolute atomic E-state index is 0.211. The van der Waals surface area contributed by atoms with Gasteiger partial charge in [0.1, 0.15) is 0 Å². The second kappa shape index (κ2) is 7.45. The average molecular weight is 316 g/mol. The van der Waals surface area contributed by atoms with E-state index in [1.807, 2.05) is 6.07 Å². The topological polar surface area (TPSA) is 55.6 Å². The highest BCUT2D eigenvalue weighted by atomic mass is 16.5. The molecule has 1 aromatic carbocycles. The van der Waals surface area contributed by atoms with Crippen molar-refractivity contribution in [2.24, 2.45) is 11.7 Å². The Morgan fingerprint density at radius 3 is 2.74 bits per heavy atom. The molecule has 0 aromatic heterocycles. The van der Waals surface area contributed by atoms with Gasteiger partial charge < -0.3 is 10.5 Å². The maximum Gasteiger partial charge on any atom is 0.235 e. The zero-order valence-electron chi connectivity index (χ0n) is 14.0. The fourth-order valence-electron chi connectivity index (χ4n) is 3.94. The van der Waals surface area contributed by atoms with Gasteiger partial charge in [-0.25, -0.2) is 0 Å². The van der Waals surface area contributed by atoms with Crippen molar-refractivity contribution in [3.05, 3.63) is 35.4 Å². The Kier molecular flexibility index (Phi) is 5.34. The van der Waals surface area contributed by atoms with Crippen LogP contribution in [0, 0.1) is 5.92 Å². The molecular formula is C19H28N2O2. The summed E-state index contributed by atoms with van der Waals surface area (Å²) in [5.74, 6) is 0.420. The Hall–Kier alpha value is -1.39. The third kappa shape index (κ3) is 3.93. The summed E-state index contributed by atoms with van der Waals surface area (Å²) in [6.45, 7) is 4.52. The highest BCUT2D eigenvalue weighted by molar-refractivity contribution is 5.80. The first-order valence-electron chi connectivity index (χ1n) is 8.87. The Morgan fingerprint density at radius 2 is 2.00 bits per heavy atom. The lowest BCUT2D eigenvalue weighted by Crippen LogP contribution is -2.49. The number of hydrogen-bond acceptors (Lipinski definition) is 3. The average Bonchev–Trinajstić information content (AvgIpc) is 2.56. The zero-order valence-corrected chi connectivity index (χ0v) is 14.0. The number of ether oxygens (including phenoxy) is 1. The van der Waals surface area contributed by atoms with Crippen LogP contribution in [0.1, 0.15) is 43.7 Å². The van der Waals surface area contributed by atoms with Gasteiger partial charge in [-0.3, -0.25) is 9.69 Å². The summed E-state index contributed by atoms with van der Waals surface area (Å²) < 4.78 is 6.12. The Balaban J connectivity index is 1.58. The van der Waals surface area contributed by atoms with Crippen LogP contribution in [0.2, 0.25) is 0 Å². The van der Waals surface area contributed by atoms with Gasteiger partial charge >= 0.3 is 0 Å². The van der Waals surface area contributed by atoms with Gasteiger partial charge in [0.2, 0.25) is 5.91 Å². The van der Waals surface area contributed by atoms with Crippen LogP contribution in [0.5, 0.6) is 0 Å². The summed E-state index contributed by atoms with van der Waals surface area (Å²) in [6.07, 6.45) is 6.14. The fourth-order valence-corrected chi connectivity index (χ4v) is 3.94. The van der Waals surface area contributed by atoms with Crippen molar-refractivity contribution < 1.29 is 9.53 Å². The molecule has 4 heteroatoms. The third-order valence-electron chi connectivity index (χ3n) is 5.42. The molecule has 1 aromatic rings. The van der Waals surface area contributed by atoms with Gasteiger partial charge in [-0.1, -0.05) is 44.0 Å². The van der Waals surface area contributed by atoms with Crippen LogP contribution in [0.4, 0.5) is 0 Å². The van der Waals surface area contributed by atoms with Crippen molar-refractivity contribution in [2.75, 3.05) is 13.2 Å². The molecule has 2 aliphatic rings. The van der Waals surface area contributed by atoms with Crippen molar-refractivity contribution in [1.82, 2.24) is 4.90 Å². The van der Waals surface area contributed by atoms with Gasteiger partial charge in [0.05, 0.1) is 18.8 Å². The SMILES string of the molecule is C[C@H]1CCCC[C@H]1OCCN1Cc2ccccc2C[C@H]1C(N)=O. The molecule has 1 aliphatic carbocycles. The number of hydrogen-bond donors (Lipinski definition) is 1. The molecule has 0 unspecified atom stereocenters. The highest BCUT2D eigenvalue weighted by Crippen LogP contribution is 2.27. The molecule has 1 heterocycles. The lowest BCUT2D eigenvalue weighted by Gasteiger charge is -2.36. The van der Waals surface area contributed by atoms with Crippen molar-refractivity contribution in [1.29, 1.82) is 0 Å². The summed E-state index contributed by atoms with van der Waals surface area (Å²) in [5.41, 5.74) is 8.18. The van der Waals surface area contributed by atoms with Gasteiger partial charge in [0.25, 0.3) is 0 Å². The standard InChI is InChI=1S/C19H28N2O2/c1-14-6-2-5-9-18(14)23-11-10-21-13-16-8-4-3-7-15(16)12-17(21)19(20)22/h3-4,7-8,14,17-18H,2,5-6,9-13H2,1H3,(H2,20,22)/t14-,17-,18+/m0/s1. The molecule has 2 N–H and O–H groups in total. The summed E-state index contributed by atoms with van der Waals surface area (Å²) in [4.78, 5) is 14.0. The van der Waals surface area contributed by atoms with E-state index in [0.29, 0.717) is 25.0 Å². The van der Waals surface area contributed by atoms with E-state index < -0.39 is 0 Å². The monoisotopic (exact) mass is 316 g/mol. The van der Waals surface area contributed by atoms with Crippen LogP contribution in [-0.2, 0) is 22.5 Å². The van der Waals surface area contributed by atoms with Gasteiger partial charge in [-0.05, 0) is 36.3 Å². The quantitative estimate of drug-likeness (QED) is 0.908. The minimum atomic E-state index is -0.231. The molecule has 0 spiro atoms. The molecule has 3 atom stereocenters. The molecule has 0 radical (unpaired) electrons. The molecule has 1 saturated carbocycles. The van der Waals surface area contributed by atoms with E-state index in [2.05, 4.69) is 30.0 Å². The number of nitrogens with zero attached hydrogens (tertiary/aromatic N) is 1. The summed E-state index contributed by atoms with van der Waals surface area (Å²) in [7, 11) is 0. The van der Waals surface area contributed by atoms with E-state index in [4.69, 9.17) is 10.5 Å². The maximum atomic E-state index is 11.8. The molecule has 126 valence electrons. The van der Waals surface area contributed by atoms with E-state index in [1.54, 1.807) is 0 Å². The number of carbonyl (C=O) groups is 1. The number of amides is 1. The van der Waals surface area contributed by atoms with E-state index in [-0.39, 0.29) is 11.9 Å². The number of carbonyl (C=O) groups excluding carboxylic acids is 1. The molecule has 3 rings (SSSR count). The maximum absolute atomic E-state index is 11.8. The predicted molar refractivity (Wildman–Crippen MR) is 90.9 cm³/mol. The first kappa shape index (κ1) is 16.5. The Labute approximate surface area is 139 Å². The van der Waals surface area contributed by atoms with E-state index in [1.165, 1.54) is 36.8 Å².